The number of carbonyl (C=O) groups is 1. The van der Waals surface area contributed by atoms with Crippen molar-refractivity contribution in [2.45, 2.75) is 40.2 Å². The molecule has 0 spiro atoms. The summed E-state index contributed by atoms with van der Waals surface area (Å²) in [7, 11) is 1.82. The third-order valence-corrected chi connectivity index (χ3v) is 3.80. The van der Waals surface area contributed by atoms with Gasteiger partial charge < -0.3 is 15.2 Å². The summed E-state index contributed by atoms with van der Waals surface area (Å²) < 4.78 is 5.80. The van der Waals surface area contributed by atoms with Gasteiger partial charge in [0.15, 0.2) is 0 Å². The van der Waals surface area contributed by atoms with Gasteiger partial charge in [-0.1, -0.05) is 19.1 Å². The fraction of sp³-hybridized carbons (Fsp3) is 0.611. The first-order valence-electron chi connectivity index (χ1n) is 8.18. The van der Waals surface area contributed by atoms with Gasteiger partial charge in [-0.2, -0.15) is 0 Å². The van der Waals surface area contributed by atoms with Crippen LogP contribution in [0, 0.1) is 20.8 Å². The summed E-state index contributed by atoms with van der Waals surface area (Å²) in [6, 6.07) is 4.09. The number of benzene rings is 1. The molecule has 0 aliphatic heterocycles. The molecule has 5 nitrogen and oxygen atoms in total. The van der Waals surface area contributed by atoms with Crippen LogP contribution in [-0.4, -0.2) is 55.3 Å². The Balaban J connectivity index is 2.44. The number of nitrogens with zero attached hydrogens (tertiary/aromatic N) is 1. The summed E-state index contributed by atoms with van der Waals surface area (Å²) in [6.45, 7) is 9.65. The van der Waals surface area contributed by atoms with Gasteiger partial charge >= 0.3 is 0 Å². The topological polar surface area (TPSA) is 61.8 Å². The molecular weight excluding hydrogens is 292 g/mol. The quantitative estimate of drug-likeness (QED) is 0.728. The van der Waals surface area contributed by atoms with Crippen LogP contribution in [-0.2, 0) is 4.79 Å². The summed E-state index contributed by atoms with van der Waals surface area (Å²) in [4.78, 5) is 13.4. The predicted octanol–water partition coefficient (Wildman–Crippen LogP) is 1.81. The van der Waals surface area contributed by atoms with Gasteiger partial charge in [0, 0.05) is 13.1 Å². The molecule has 0 fully saturated rings. The van der Waals surface area contributed by atoms with E-state index in [-0.39, 0.29) is 19.1 Å². The van der Waals surface area contributed by atoms with E-state index >= 15 is 0 Å². The highest BCUT2D eigenvalue weighted by atomic mass is 16.5. The molecule has 23 heavy (non-hydrogen) atoms. The fourth-order valence-corrected chi connectivity index (χ4v) is 2.37. The molecule has 1 rings (SSSR count). The Morgan fingerprint density at radius 2 is 1.96 bits per heavy atom. The Morgan fingerprint density at radius 3 is 2.61 bits per heavy atom. The Kier molecular flexibility index (Phi) is 8.06. The highest BCUT2D eigenvalue weighted by molar-refractivity contribution is 5.77. The molecule has 130 valence electrons. The van der Waals surface area contributed by atoms with Crippen LogP contribution in [0.3, 0.4) is 0 Å². The van der Waals surface area contributed by atoms with Crippen LogP contribution < -0.4 is 10.1 Å². The van der Waals surface area contributed by atoms with Crippen LogP contribution in [0.1, 0.15) is 30.0 Å². The lowest BCUT2D eigenvalue weighted by Gasteiger charge is -2.21. The molecule has 2 N–H and O–H groups in total. The van der Waals surface area contributed by atoms with Gasteiger partial charge in [0.05, 0.1) is 6.54 Å². The first kappa shape index (κ1) is 19.5. The number of nitrogens with one attached hydrogen (secondary N) is 1. The standard InChI is InChI=1S/C18H30N2O3/c1-6-9-19-17(22)11-20(5)10-16(21)12-23-18-14(3)8-7-13(2)15(18)4/h7-8,16,21H,6,9-12H2,1-5H3,(H,19,22). The summed E-state index contributed by atoms with van der Waals surface area (Å²) in [5, 5.41) is 12.9. The van der Waals surface area contributed by atoms with Crippen molar-refractivity contribution in [1.82, 2.24) is 10.2 Å². The van der Waals surface area contributed by atoms with Crippen molar-refractivity contribution in [3.05, 3.63) is 28.8 Å². The highest BCUT2D eigenvalue weighted by Gasteiger charge is 2.14. The van der Waals surface area contributed by atoms with Gasteiger partial charge in [-0.25, -0.2) is 0 Å². The molecule has 0 aliphatic rings. The van der Waals surface area contributed by atoms with Gasteiger partial charge in [0.1, 0.15) is 18.5 Å². The van der Waals surface area contributed by atoms with Crippen LogP contribution in [0.5, 0.6) is 5.75 Å². The van der Waals surface area contributed by atoms with Gasteiger partial charge in [0.25, 0.3) is 0 Å². The lowest BCUT2D eigenvalue weighted by Crippen LogP contribution is -2.40. The van der Waals surface area contributed by atoms with Gasteiger partial charge in [-0.05, 0) is 50.9 Å². The Bertz CT molecular complexity index is 517. The minimum absolute atomic E-state index is 0.0205. The van der Waals surface area contributed by atoms with E-state index in [2.05, 4.69) is 11.4 Å². The zero-order valence-corrected chi connectivity index (χ0v) is 15.0. The lowest BCUT2D eigenvalue weighted by molar-refractivity contribution is -0.122. The molecule has 1 unspecified atom stereocenters. The Hall–Kier alpha value is -1.59. The zero-order valence-electron chi connectivity index (χ0n) is 15.0. The average Bonchev–Trinajstić information content (AvgIpc) is 2.48. The summed E-state index contributed by atoms with van der Waals surface area (Å²) in [5.41, 5.74) is 3.34. The molecule has 0 saturated heterocycles. The van der Waals surface area contributed by atoms with Crippen molar-refractivity contribution in [2.75, 3.05) is 33.3 Å². The van der Waals surface area contributed by atoms with Gasteiger partial charge in [0.2, 0.25) is 5.91 Å². The maximum absolute atomic E-state index is 11.6. The second kappa shape index (κ2) is 9.53. The Labute approximate surface area is 139 Å². The molecule has 5 heteroatoms. The van der Waals surface area contributed by atoms with E-state index in [9.17, 15) is 9.90 Å². The SMILES string of the molecule is CCCNC(=O)CN(C)CC(O)COc1c(C)ccc(C)c1C. The smallest absolute Gasteiger partial charge is 0.234 e. The molecule has 1 amide bonds. The summed E-state index contributed by atoms with van der Waals surface area (Å²) >= 11 is 0. The first-order valence-corrected chi connectivity index (χ1v) is 8.18. The number of aliphatic hydroxyl groups is 1. The number of aliphatic hydroxyl groups excluding tert-OH is 1. The van der Waals surface area contributed by atoms with E-state index in [0.29, 0.717) is 13.1 Å². The predicted molar refractivity (Wildman–Crippen MR) is 93.0 cm³/mol. The Morgan fingerprint density at radius 1 is 1.30 bits per heavy atom. The second-order valence-corrected chi connectivity index (χ2v) is 6.17. The van der Waals surface area contributed by atoms with Crippen LogP contribution >= 0.6 is 0 Å². The number of ether oxygens (including phenoxy) is 1. The first-order chi connectivity index (χ1) is 10.8. The maximum Gasteiger partial charge on any atom is 0.234 e. The molecule has 0 heterocycles. The third kappa shape index (κ3) is 6.59. The molecule has 0 bridgehead atoms. The van der Waals surface area contributed by atoms with Crippen molar-refractivity contribution in [2.24, 2.45) is 0 Å². The summed E-state index contributed by atoms with van der Waals surface area (Å²) in [5.74, 6) is 0.820. The second-order valence-electron chi connectivity index (χ2n) is 6.17. The van der Waals surface area contributed by atoms with E-state index in [1.165, 1.54) is 5.56 Å². The molecular formula is C18H30N2O3. The zero-order chi connectivity index (χ0) is 17.4. The molecule has 0 radical (unpaired) electrons. The van der Waals surface area contributed by atoms with E-state index in [1.54, 1.807) is 4.90 Å². The van der Waals surface area contributed by atoms with E-state index in [4.69, 9.17) is 4.74 Å². The van der Waals surface area contributed by atoms with Crippen molar-refractivity contribution >= 4 is 5.91 Å². The maximum atomic E-state index is 11.6. The monoisotopic (exact) mass is 322 g/mol. The third-order valence-electron chi connectivity index (χ3n) is 3.80. The number of carbonyl (C=O) groups excluding carboxylic acids is 1. The minimum Gasteiger partial charge on any atom is -0.490 e. The van der Waals surface area contributed by atoms with Crippen molar-refractivity contribution < 1.29 is 14.6 Å². The molecule has 1 atom stereocenters. The number of aryl methyl sites for hydroxylation is 2. The molecule has 1 aromatic carbocycles. The fourth-order valence-electron chi connectivity index (χ4n) is 2.37. The van der Waals surface area contributed by atoms with Crippen molar-refractivity contribution in [1.29, 1.82) is 0 Å². The molecule has 0 saturated carbocycles. The highest BCUT2D eigenvalue weighted by Crippen LogP contribution is 2.25. The van der Waals surface area contributed by atoms with E-state index in [1.807, 2.05) is 40.8 Å². The van der Waals surface area contributed by atoms with Gasteiger partial charge in [-0.15, -0.1) is 0 Å². The number of rotatable bonds is 9. The largest absolute Gasteiger partial charge is 0.490 e. The number of amides is 1. The normalized spacial score (nSPS) is 12.3. The number of likely N-dealkylation sites (N-methyl/N-ethyl adjacent to an activating group) is 1. The van der Waals surface area contributed by atoms with Crippen LogP contribution in [0.4, 0.5) is 0 Å². The average molecular weight is 322 g/mol. The number of hydrogen-bond donors (Lipinski definition) is 2. The van der Waals surface area contributed by atoms with Gasteiger partial charge in [-0.3, -0.25) is 9.69 Å². The molecule has 1 aromatic rings. The molecule has 0 aliphatic carbocycles. The van der Waals surface area contributed by atoms with Crippen LogP contribution in [0.25, 0.3) is 0 Å². The van der Waals surface area contributed by atoms with E-state index in [0.717, 1.165) is 23.3 Å². The van der Waals surface area contributed by atoms with Crippen LogP contribution in [0.2, 0.25) is 0 Å². The number of hydrogen-bond acceptors (Lipinski definition) is 4. The minimum atomic E-state index is -0.640. The van der Waals surface area contributed by atoms with Crippen LogP contribution in [0.15, 0.2) is 12.1 Å². The van der Waals surface area contributed by atoms with Crippen molar-refractivity contribution in [3.8, 4) is 5.75 Å². The lowest BCUT2D eigenvalue weighted by atomic mass is 10.1. The summed E-state index contributed by atoms with van der Waals surface area (Å²) in [6.07, 6.45) is 0.277. The van der Waals surface area contributed by atoms with Crippen molar-refractivity contribution in [3.63, 3.8) is 0 Å². The molecule has 0 aromatic heterocycles. The van der Waals surface area contributed by atoms with E-state index < -0.39 is 6.10 Å².